The predicted molar refractivity (Wildman–Crippen MR) is 137 cm³/mol. The molecule has 0 aliphatic heterocycles. The largest absolute Gasteiger partial charge is 0.487 e. The van der Waals surface area contributed by atoms with E-state index in [4.69, 9.17) is 16.3 Å². The Bertz CT molecular complexity index is 1410. The molecule has 0 radical (unpaired) electrons. The maximum Gasteiger partial charge on any atom is 0.142 e. The van der Waals surface area contributed by atoms with Gasteiger partial charge in [0.05, 0.1) is 29.3 Å². The summed E-state index contributed by atoms with van der Waals surface area (Å²) < 4.78 is 7.64. The van der Waals surface area contributed by atoms with Crippen molar-refractivity contribution in [2.75, 3.05) is 18.5 Å². The molecule has 0 saturated heterocycles. The lowest BCUT2D eigenvalue weighted by atomic mass is 9.95. The average molecular weight is 494 g/mol. The molecule has 34 heavy (non-hydrogen) atoms. The van der Waals surface area contributed by atoms with Crippen LogP contribution < -0.4 is 10.1 Å². The maximum atomic E-state index is 9.59. The lowest BCUT2D eigenvalue weighted by Gasteiger charge is -2.18. The summed E-state index contributed by atoms with van der Waals surface area (Å²) in [5.74, 6) is 1.32. The van der Waals surface area contributed by atoms with E-state index in [2.05, 4.69) is 33.5 Å². The van der Waals surface area contributed by atoms with Gasteiger partial charge in [-0.05, 0) is 49.1 Å². The third kappa shape index (κ3) is 3.98. The highest BCUT2D eigenvalue weighted by Gasteiger charge is 2.28. The Morgan fingerprint density at radius 1 is 1.38 bits per heavy atom. The van der Waals surface area contributed by atoms with Gasteiger partial charge in [0, 0.05) is 21.8 Å². The molecule has 5 rings (SSSR count). The fourth-order valence-electron chi connectivity index (χ4n) is 4.13. The van der Waals surface area contributed by atoms with Gasteiger partial charge in [-0.15, -0.1) is 11.3 Å². The summed E-state index contributed by atoms with van der Waals surface area (Å²) in [6.45, 7) is 9.90. The number of aliphatic hydroxyl groups excluding tert-OH is 1. The van der Waals surface area contributed by atoms with Crippen LogP contribution in [0.15, 0.2) is 55.5 Å². The van der Waals surface area contributed by atoms with Gasteiger partial charge in [0.15, 0.2) is 0 Å². The van der Waals surface area contributed by atoms with Crippen molar-refractivity contribution in [2.45, 2.75) is 25.8 Å². The van der Waals surface area contributed by atoms with Gasteiger partial charge in [-0.25, -0.2) is 9.97 Å². The van der Waals surface area contributed by atoms with E-state index in [1.807, 2.05) is 36.0 Å². The van der Waals surface area contributed by atoms with Crippen LogP contribution in [0.25, 0.3) is 20.7 Å². The molecular weight excluding hydrogens is 470 g/mol. The summed E-state index contributed by atoms with van der Waals surface area (Å²) >= 11 is 8.10. The molecule has 4 aromatic rings. The Hall–Kier alpha value is -3.20. The Balaban J connectivity index is 1.47. The summed E-state index contributed by atoms with van der Waals surface area (Å²) in [5, 5.41) is 19.1. The molecule has 1 unspecified atom stereocenters. The highest BCUT2D eigenvalue weighted by atomic mass is 35.5. The molecule has 0 saturated carbocycles. The summed E-state index contributed by atoms with van der Waals surface area (Å²) in [7, 11) is 0. The Morgan fingerprint density at radius 2 is 2.24 bits per heavy atom. The van der Waals surface area contributed by atoms with Gasteiger partial charge in [-0.3, -0.25) is 4.68 Å². The zero-order chi connectivity index (χ0) is 23.8. The van der Waals surface area contributed by atoms with Crippen molar-refractivity contribution in [1.82, 2.24) is 19.7 Å². The molecule has 0 fully saturated rings. The predicted octanol–water partition coefficient (Wildman–Crippen LogP) is 5.72. The summed E-state index contributed by atoms with van der Waals surface area (Å²) in [5.41, 5.74) is 5.08. The first-order valence-corrected chi connectivity index (χ1v) is 12.1. The fourth-order valence-corrected chi connectivity index (χ4v) is 5.59. The smallest absolute Gasteiger partial charge is 0.142 e. The number of benzene rings is 1. The molecule has 0 bridgehead atoms. The number of fused-ring (bicyclic) bond motifs is 5. The quantitative estimate of drug-likeness (QED) is 0.305. The first-order valence-electron chi connectivity index (χ1n) is 10.9. The van der Waals surface area contributed by atoms with Gasteiger partial charge in [-0.1, -0.05) is 30.8 Å². The second kappa shape index (κ2) is 9.21. The van der Waals surface area contributed by atoms with Crippen molar-refractivity contribution < 1.29 is 9.84 Å². The number of aliphatic hydroxyl groups is 1. The highest BCUT2D eigenvalue weighted by Crippen LogP contribution is 2.45. The van der Waals surface area contributed by atoms with E-state index in [0.29, 0.717) is 17.4 Å². The molecule has 0 spiro atoms. The second-order valence-electron chi connectivity index (χ2n) is 8.21. The molecule has 7 nitrogen and oxygen atoms in total. The SMILES string of the molecule is C=CC(=C)COc1ccc(Nc2ncnc3sc4c(c23)CCc2c-4cnn2C(C)CO)cc1Cl. The molecular formula is C25H24ClN5O2S. The summed E-state index contributed by atoms with van der Waals surface area (Å²) in [4.78, 5) is 11.2. The normalized spacial score (nSPS) is 13.3. The zero-order valence-electron chi connectivity index (χ0n) is 18.7. The van der Waals surface area contributed by atoms with Crippen LogP contribution in [-0.4, -0.2) is 38.1 Å². The molecule has 1 aliphatic rings. The number of aryl methyl sites for hydroxylation is 1. The molecule has 3 heterocycles. The van der Waals surface area contributed by atoms with Crippen LogP contribution in [0.3, 0.4) is 0 Å². The molecule has 1 aliphatic carbocycles. The number of hydrogen-bond acceptors (Lipinski definition) is 7. The first kappa shape index (κ1) is 22.6. The van der Waals surface area contributed by atoms with E-state index in [9.17, 15) is 5.11 Å². The number of rotatable bonds is 8. The van der Waals surface area contributed by atoms with E-state index in [0.717, 1.165) is 51.4 Å². The van der Waals surface area contributed by atoms with E-state index in [1.54, 1.807) is 23.7 Å². The Kier molecular flexibility index (Phi) is 6.12. The van der Waals surface area contributed by atoms with Crippen molar-refractivity contribution >= 4 is 44.7 Å². The third-order valence-corrected chi connectivity index (χ3v) is 7.39. The van der Waals surface area contributed by atoms with Crippen LogP contribution >= 0.6 is 22.9 Å². The van der Waals surface area contributed by atoms with Crippen molar-refractivity contribution in [1.29, 1.82) is 0 Å². The number of halogens is 1. The lowest BCUT2D eigenvalue weighted by Crippen LogP contribution is -2.16. The van der Waals surface area contributed by atoms with Crippen molar-refractivity contribution in [3.8, 4) is 16.2 Å². The van der Waals surface area contributed by atoms with Crippen molar-refractivity contribution in [3.05, 3.63) is 71.8 Å². The van der Waals surface area contributed by atoms with Crippen molar-refractivity contribution in [3.63, 3.8) is 0 Å². The number of nitrogens with one attached hydrogen (secondary N) is 1. The van der Waals surface area contributed by atoms with E-state index >= 15 is 0 Å². The topological polar surface area (TPSA) is 85.1 Å². The number of aromatic nitrogens is 4. The number of thiophene rings is 1. The van der Waals surface area contributed by atoms with Crippen LogP contribution in [0.4, 0.5) is 11.5 Å². The Morgan fingerprint density at radius 3 is 3.00 bits per heavy atom. The first-order chi connectivity index (χ1) is 16.5. The van der Waals surface area contributed by atoms with Crippen LogP contribution in [-0.2, 0) is 12.8 Å². The average Bonchev–Trinajstić information content (AvgIpc) is 3.44. The van der Waals surface area contributed by atoms with Crippen LogP contribution in [0.5, 0.6) is 5.75 Å². The van der Waals surface area contributed by atoms with Crippen LogP contribution in [0, 0.1) is 0 Å². The highest BCUT2D eigenvalue weighted by molar-refractivity contribution is 7.22. The Labute approximate surface area is 206 Å². The number of ether oxygens (including phenoxy) is 1. The minimum absolute atomic E-state index is 0.0526. The molecule has 1 atom stereocenters. The van der Waals surface area contributed by atoms with Gasteiger partial charge in [0.1, 0.15) is 29.3 Å². The van der Waals surface area contributed by atoms with Gasteiger partial charge < -0.3 is 15.2 Å². The zero-order valence-corrected chi connectivity index (χ0v) is 20.3. The summed E-state index contributed by atoms with van der Waals surface area (Å²) in [6.07, 6.45) is 6.84. The second-order valence-corrected chi connectivity index (χ2v) is 9.62. The minimum atomic E-state index is -0.0526. The van der Waals surface area contributed by atoms with E-state index in [-0.39, 0.29) is 12.6 Å². The third-order valence-electron chi connectivity index (χ3n) is 5.92. The number of nitrogens with zero attached hydrogens (tertiary/aromatic N) is 4. The van der Waals surface area contributed by atoms with Crippen molar-refractivity contribution in [2.24, 2.45) is 0 Å². The van der Waals surface area contributed by atoms with Gasteiger partial charge >= 0.3 is 0 Å². The molecule has 0 amide bonds. The van der Waals surface area contributed by atoms with Gasteiger partial charge in [0.2, 0.25) is 0 Å². The molecule has 9 heteroatoms. The van der Waals surface area contributed by atoms with Gasteiger partial charge in [0.25, 0.3) is 0 Å². The molecule has 174 valence electrons. The van der Waals surface area contributed by atoms with Crippen LogP contribution in [0.1, 0.15) is 24.2 Å². The van der Waals surface area contributed by atoms with E-state index < -0.39 is 0 Å². The maximum absolute atomic E-state index is 9.59. The fraction of sp³-hybridized carbons (Fsp3) is 0.240. The molecule has 2 N–H and O–H groups in total. The minimum Gasteiger partial charge on any atom is -0.487 e. The monoisotopic (exact) mass is 493 g/mol. The molecule has 3 aromatic heterocycles. The molecule has 1 aromatic carbocycles. The lowest BCUT2D eigenvalue weighted by molar-refractivity contribution is 0.227. The van der Waals surface area contributed by atoms with Crippen LogP contribution in [0.2, 0.25) is 5.02 Å². The standard InChI is InChI=1S/C25H24ClN5O2S/c1-4-14(2)12-33-21-8-5-16(9-19(21)26)30-24-22-17-6-7-20-18(10-29-31(20)15(3)11-32)23(17)34-25(22)28-13-27-24/h4-5,8-10,13,15,32H,1-2,6-7,11-12H2,3H3,(H,27,28,30). The van der Waals surface area contributed by atoms with Gasteiger partial charge in [-0.2, -0.15) is 5.10 Å². The number of hydrogen-bond donors (Lipinski definition) is 2. The summed E-state index contributed by atoms with van der Waals surface area (Å²) in [6, 6.07) is 5.50. The van der Waals surface area contributed by atoms with E-state index in [1.165, 1.54) is 10.4 Å². The number of anilines is 2.